The molecule has 1 N–H and O–H groups in total. The van der Waals surface area contributed by atoms with E-state index in [-0.39, 0.29) is 18.1 Å². The molecule has 3 heterocycles. The number of aryl methyl sites for hydroxylation is 1. The van der Waals surface area contributed by atoms with Crippen LogP contribution in [0.2, 0.25) is 0 Å². The fourth-order valence-electron chi connectivity index (χ4n) is 2.95. The summed E-state index contributed by atoms with van der Waals surface area (Å²) in [5.41, 5.74) is 2.22. The van der Waals surface area contributed by atoms with Crippen LogP contribution in [-0.2, 0) is 22.5 Å². The summed E-state index contributed by atoms with van der Waals surface area (Å²) in [5, 5.41) is 9.74. The Hall–Kier alpha value is -1.28. The molecule has 130 valence electrons. The highest BCUT2D eigenvalue weighted by atomic mass is 32.1. The Bertz CT molecular complexity index is 647. The van der Waals surface area contributed by atoms with Gasteiger partial charge in [0, 0.05) is 31.4 Å². The summed E-state index contributed by atoms with van der Waals surface area (Å²) in [5.74, 6) is 0.0238. The topological polar surface area (TPSA) is 54.5 Å². The molecule has 24 heavy (non-hydrogen) atoms. The third-order valence-electron chi connectivity index (χ3n) is 3.90. The van der Waals surface area contributed by atoms with Crippen molar-refractivity contribution in [3.8, 4) is 0 Å². The SMILES string of the molecule is CC1CN(Cc2csc(NC(=O)CCc3ccsc3)n2)CC(C)O1. The maximum atomic E-state index is 12.0. The molecule has 1 aliphatic heterocycles. The van der Waals surface area contributed by atoms with Crippen LogP contribution in [0, 0.1) is 0 Å². The summed E-state index contributed by atoms with van der Waals surface area (Å²) in [4.78, 5) is 18.9. The normalized spacial score (nSPS) is 21.8. The number of thiophene rings is 1. The first-order chi connectivity index (χ1) is 11.6. The van der Waals surface area contributed by atoms with E-state index in [2.05, 4.69) is 40.5 Å². The number of ether oxygens (including phenoxy) is 1. The number of carbonyl (C=O) groups is 1. The third-order valence-corrected chi connectivity index (χ3v) is 5.44. The van der Waals surface area contributed by atoms with Crippen LogP contribution in [0.15, 0.2) is 22.2 Å². The van der Waals surface area contributed by atoms with Crippen LogP contribution in [0.3, 0.4) is 0 Å². The second-order valence-electron chi connectivity index (χ2n) is 6.28. The Morgan fingerprint density at radius 2 is 2.17 bits per heavy atom. The van der Waals surface area contributed by atoms with Crippen LogP contribution >= 0.6 is 22.7 Å². The number of anilines is 1. The zero-order valence-corrected chi connectivity index (χ0v) is 15.7. The number of nitrogens with zero attached hydrogens (tertiary/aromatic N) is 2. The van der Waals surface area contributed by atoms with Gasteiger partial charge in [-0.05, 0) is 42.7 Å². The van der Waals surface area contributed by atoms with E-state index in [4.69, 9.17) is 4.74 Å². The van der Waals surface area contributed by atoms with E-state index in [0.29, 0.717) is 11.6 Å². The number of rotatable bonds is 6. The minimum atomic E-state index is 0.0238. The van der Waals surface area contributed by atoms with Crippen LogP contribution in [0.25, 0.3) is 0 Å². The lowest BCUT2D eigenvalue weighted by molar-refractivity contribution is -0.116. The molecule has 5 nitrogen and oxygen atoms in total. The van der Waals surface area contributed by atoms with Gasteiger partial charge in [0.2, 0.25) is 5.91 Å². The Labute approximate surface area is 150 Å². The van der Waals surface area contributed by atoms with E-state index in [1.807, 2.05) is 10.8 Å². The molecule has 0 saturated carbocycles. The van der Waals surface area contributed by atoms with Gasteiger partial charge in [0.15, 0.2) is 5.13 Å². The van der Waals surface area contributed by atoms with Gasteiger partial charge in [0.05, 0.1) is 17.9 Å². The minimum absolute atomic E-state index is 0.0238. The maximum absolute atomic E-state index is 12.0. The summed E-state index contributed by atoms with van der Waals surface area (Å²) in [6.45, 7) is 6.85. The number of amides is 1. The van der Waals surface area contributed by atoms with Crippen molar-refractivity contribution in [2.45, 2.75) is 45.4 Å². The van der Waals surface area contributed by atoms with Crippen LogP contribution in [0.4, 0.5) is 5.13 Å². The molecular weight excluding hydrogens is 342 g/mol. The number of aromatic nitrogens is 1. The van der Waals surface area contributed by atoms with Gasteiger partial charge in [0.25, 0.3) is 0 Å². The van der Waals surface area contributed by atoms with Gasteiger partial charge < -0.3 is 10.1 Å². The van der Waals surface area contributed by atoms with Crippen molar-refractivity contribution in [2.24, 2.45) is 0 Å². The quantitative estimate of drug-likeness (QED) is 0.853. The number of hydrogen-bond donors (Lipinski definition) is 1. The first-order valence-corrected chi connectivity index (χ1v) is 10.0. The number of thiazole rings is 1. The average Bonchev–Trinajstić information content (AvgIpc) is 3.16. The summed E-state index contributed by atoms with van der Waals surface area (Å²) in [7, 11) is 0. The first-order valence-electron chi connectivity index (χ1n) is 8.21. The van der Waals surface area contributed by atoms with Crippen LogP contribution in [-0.4, -0.2) is 41.1 Å². The van der Waals surface area contributed by atoms with Crippen LogP contribution < -0.4 is 5.32 Å². The van der Waals surface area contributed by atoms with Gasteiger partial charge in [-0.25, -0.2) is 4.98 Å². The average molecular weight is 366 g/mol. The Balaban J connectivity index is 1.47. The maximum Gasteiger partial charge on any atom is 0.226 e. The molecule has 0 aromatic carbocycles. The molecule has 2 unspecified atom stereocenters. The molecule has 0 radical (unpaired) electrons. The van der Waals surface area contributed by atoms with Gasteiger partial charge in [-0.15, -0.1) is 11.3 Å². The molecule has 0 spiro atoms. The lowest BCUT2D eigenvalue weighted by Crippen LogP contribution is -2.44. The molecule has 3 rings (SSSR count). The smallest absolute Gasteiger partial charge is 0.226 e. The molecule has 1 saturated heterocycles. The van der Waals surface area contributed by atoms with E-state index in [9.17, 15) is 4.79 Å². The second-order valence-corrected chi connectivity index (χ2v) is 7.91. The minimum Gasteiger partial charge on any atom is -0.373 e. The number of carbonyl (C=O) groups excluding carboxylic acids is 1. The molecule has 2 atom stereocenters. The Morgan fingerprint density at radius 1 is 1.38 bits per heavy atom. The lowest BCUT2D eigenvalue weighted by Gasteiger charge is -2.34. The second kappa shape index (κ2) is 8.20. The molecule has 1 amide bonds. The molecule has 2 aromatic rings. The summed E-state index contributed by atoms with van der Waals surface area (Å²) in [6, 6.07) is 2.06. The highest BCUT2D eigenvalue weighted by Crippen LogP contribution is 2.19. The van der Waals surface area contributed by atoms with Gasteiger partial charge in [-0.2, -0.15) is 11.3 Å². The molecule has 0 aliphatic carbocycles. The van der Waals surface area contributed by atoms with Crippen molar-refractivity contribution in [1.82, 2.24) is 9.88 Å². The fourth-order valence-corrected chi connectivity index (χ4v) is 4.37. The summed E-state index contributed by atoms with van der Waals surface area (Å²) < 4.78 is 5.75. The van der Waals surface area contributed by atoms with Gasteiger partial charge >= 0.3 is 0 Å². The van der Waals surface area contributed by atoms with Gasteiger partial charge in [-0.1, -0.05) is 0 Å². The van der Waals surface area contributed by atoms with Gasteiger partial charge in [0.1, 0.15) is 0 Å². The number of nitrogens with one attached hydrogen (secondary N) is 1. The molecule has 1 aliphatic rings. The zero-order chi connectivity index (χ0) is 16.9. The number of morpholine rings is 1. The first kappa shape index (κ1) is 17.5. The highest BCUT2D eigenvalue weighted by Gasteiger charge is 2.22. The van der Waals surface area contributed by atoms with E-state index in [1.165, 1.54) is 16.9 Å². The van der Waals surface area contributed by atoms with Crippen molar-refractivity contribution < 1.29 is 9.53 Å². The van der Waals surface area contributed by atoms with Crippen molar-refractivity contribution in [3.05, 3.63) is 33.5 Å². The molecule has 1 fully saturated rings. The summed E-state index contributed by atoms with van der Waals surface area (Å²) in [6.07, 6.45) is 1.77. The summed E-state index contributed by atoms with van der Waals surface area (Å²) >= 11 is 3.15. The van der Waals surface area contributed by atoms with Crippen LogP contribution in [0.5, 0.6) is 0 Å². The molecule has 2 aromatic heterocycles. The van der Waals surface area contributed by atoms with E-state index >= 15 is 0 Å². The predicted octanol–water partition coefficient (Wildman–Crippen LogP) is 3.39. The zero-order valence-electron chi connectivity index (χ0n) is 14.0. The van der Waals surface area contributed by atoms with E-state index < -0.39 is 0 Å². The fraction of sp³-hybridized carbons (Fsp3) is 0.529. The monoisotopic (exact) mass is 365 g/mol. The third kappa shape index (κ3) is 5.11. The van der Waals surface area contributed by atoms with E-state index in [1.54, 1.807) is 11.3 Å². The standard InChI is InChI=1S/C17H23N3O2S2/c1-12-7-20(8-13(2)22-12)9-15-11-24-17(18-15)19-16(21)4-3-14-5-6-23-10-14/h5-6,10-13H,3-4,7-9H2,1-2H3,(H,18,19,21). The lowest BCUT2D eigenvalue weighted by atomic mass is 10.2. The molecule has 0 bridgehead atoms. The molecular formula is C17H23N3O2S2. The predicted molar refractivity (Wildman–Crippen MR) is 98.7 cm³/mol. The van der Waals surface area contributed by atoms with Crippen molar-refractivity contribution in [3.63, 3.8) is 0 Å². The largest absolute Gasteiger partial charge is 0.373 e. The van der Waals surface area contributed by atoms with Crippen molar-refractivity contribution in [2.75, 3.05) is 18.4 Å². The Kier molecular flexibility index (Phi) is 5.99. The number of hydrogen-bond acceptors (Lipinski definition) is 6. The molecule has 7 heteroatoms. The van der Waals surface area contributed by atoms with E-state index in [0.717, 1.165) is 31.7 Å². The van der Waals surface area contributed by atoms with Crippen molar-refractivity contribution in [1.29, 1.82) is 0 Å². The van der Waals surface area contributed by atoms with Gasteiger partial charge in [-0.3, -0.25) is 9.69 Å². The highest BCUT2D eigenvalue weighted by molar-refractivity contribution is 7.13. The Morgan fingerprint density at radius 3 is 2.88 bits per heavy atom. The van der Waals surface area contributed by atoms with Crippen LogP contribution in [0.1, 0.15) is 31.5 Å². The van der Waals surface area contributed by atoms with Crippen molar-refractivity contribution >= 4 is 33.7 Å².